The van der Waals surface area contributed by atoms with E-state index < -0.39 is 31.9 Å². The molecule has 2 aromatic rings. The maximum atomic E-state index is 11.6. The van der Waals surface area contributed by atoms with Gasteiger partial charge >= 0.3 is 5.97 Å². The molecule has 0 aliphatic heterocycles. The van der Waals surface area contributed by atoms with Crippen LogP contribution in [0, 0.1) is 0 Å². The van der Waals surface area contributed by atoms with Crippen molar-refractivity contribution in [2.45, 2.75) is 6.92 Å². The first-order valence-electron chi connectivity index (χ1n) is 9.62. The average molecular weight is 522 g/mol. The number of carbonyl (C=O) groups is 1. The Hall–Kier alpha value is -3.12. The summed E-state index contributed by atoms with van der Waals surface area (Å²) in [6.45, 7) is 1.67. The molecule has 7 N–H and O–H groups in total. The Kier molecular flexibility index (Phi) is 10.5. The number of carboxylic acid groups (broad SMARTS) is 1. The summed E-state index contributed by atoms with van der Waals surface area (Å²) in [6.07, 6.45) is 0. The van der Waals surface area contributed by atoms with Crippen LogP contribution in [0.5, 0.6) is 0 Å². The Labute approximate surface area is 196 Å². The second-order valence-electron chi connectivity index (χ2n) is 6.72. The first-order valence-corrected chi connectivity index (χ1v) is 12.9. The minimum absolute atomic E-state index is 0. The van der Waals surface area contributed by atoms with Gasteiger partial charge in [0.1, 0.15) is 0 Å². The third-order valence-electron chi connectivity index (χ3n) is 4.15. The Morgan fingerprint density at radius 3 is 2.21 bits per heavy atom. The Bertz CT molecular complexity index is 1170. The van der Waals surface area contributed by atoms with E-state index in [1.807, 2.05) is 0 Å². The number of rotatable bonds is 13. The Morgan fingerprint density at radius 1 is 1.03 bits per heavy atom. The second kappa shape index (κ2) is 12.4. The molecule has 1 heterocycles. The molecule has 0 saturated carbocycles. The molecule has 0 spiro atoms. The van der Waals surface area contributed by atoms with Crippen molar-refractivity contribution in [1.82, 2.24) is 19.7 Å². The van der Waals surface area contributed by atoms with Crippen LogP contribution < -0.4 is 20.3 Å². The van der Waals surface area contributed by atoms with Crippen molar-refractivity contribution in [3.05, 3.63) is 29.8 Å². The standard InChI is InChI=1S/C17H25N7O7S2.H2O/c1-3-32(27,28)19-8-10-24(2)17-22-15(18-9-11-33(29,30)31)21-16(23-17)20-13-6-4-12(5-7-13)14(25)26;/h4-7,19H,3,8-11H2,1-2H3,(H,25,26)(H,29,30,31)(H2,18,20,21,22,23);1H2. The van der Waals surface area contributed by atoms with E-state index in [9.17, 15) is 21.6 Å². The molecule has 0 aliphatic carbocycles. The highest BCUT2D eigenvalue weighted by atomic mass is 32.2. The van der Waals surface area contributed by atoms with Crippen LogP contribution in [-0.4, -0.2) is 91.1 Å². The van der Waals surface area contributed by atoms with Crippen LogP contribution >= 0.6 is 0 Å². The Balaban J connectivity index is 0.00000578. The average Bonchev–Trinajstić information content (AvgIpc) is 2.73. The van der Waals surface area contributed by atoms with Crippen molar-refractivity contribution >= 4 is 49.6 Å². The number of nitrogens with zero attached hydrogens (tertiary/aromatic N) is 4. The molecule has 15 nitrogen and oxygen atoms in total. The number of sulfonamides is 1. The minimum atomic E-state index is -4.19. The van der Waals surface area contributed by atoms with Crippen LogP contribution in [0.3, 0.4) is 0 Å². The summed E-state index contributed by atoms with van der Waals surface area (Å²) < 4.78 is 56.4. The lowest BCUT2D eigenvalue weighted by Crippen LogP contribution is -2.34. The lowest BCUT2D eigenvalue weighted by molar-refractivity contribution is 0.0697. The number of benzene rings is 1. The molecule has 0 amide bonds. The molecule has 0 saturated heterocycles. The molecular weight excluding hydrogens is 494 g/mol. The number of nitrogens with one attached hydrogen (secondary N) is 3. The molecule has 0 atom stereocenters. The fraction of sp³-hybridized carbons (Fsp3) is 0.412. The van der Waals surface area contributed by atoms with Crippen LogP contribution in [0.1, 0.15) is 17.3 Å². The fourth-order valence-corrected chi connectivity index (χ4v) is 3.32. The first kappa shape index (κ1) is 28.9. The molecule has 0 bridgehead atoms. The van der Waals surface area contributed by atoms with Crippen molar-refractivity contribution < 1.29 is 36.8 Å². The van der Waals surface area contributed by atoms with E-state index in [4.69, 9.17) is 9.66 Å². The summed E-state index contributed by atoms with van der Waals surface area (Å²) in [7, 11) is -5.93. The number of anilines is 4. The maximum absolute atomic E-state index is 11.6. The predicted octanol–water partition coefficient (Wildman–Crippen LogP) is -0.836. The van der Waals surface area contributed by atoms with Gasteiger partial charge < -0.3 is 26.1 Å². The van der Waals surface area contributed by atoms with Gasteiger partial charge in [-0.3, -0.25) is 4.55 Å². The maximum Gasteiger partial charge on any atom is 0.335 e. The van der Waals surface area contributed by atoms with Gasteiger partial charge in [0.2, 0.25) is 27.9 Å². The highest BCUT2D eigenvalue weighted by Gasteiger charge is 2.13. The summed E-state index contributed by atoms with van der Waals surface area (Å²) in [4.78, 5) is 25.2. The number of hydrogen-bond acceptors (Lipinski definition) is 11. The summed E-state index contributed by atoms with van der Waals surface area (Å²) in [6, 6.07) is 5.82. The van der Waals surface area contributed by atoms with Gasteiger partial charge in [0.05, 0.1) is 17.1 Å². The Morgan fingerprint density at radius 2 is 1.65 bits per heavy atom. The SMILES string of the molecule is CCS(=O)(=O)NCCN(C)c1nc(NCCS(=O)(=O)O)nc(Nc2ccc(C(=O)O)cc2)n1.O. The second-order valence-corrected chi connectivity index (χ2v) is 10.4. The van der Waals surface area contributed by atoms with Gasteiger partial charge in [-0.1, -0.05) is 0 Å². The van der Waals surface area contributed by atoms with E-state index in [-0.39, 0.29) is 54.3 Å². The van der Waals surface area contributed by atoms with Crippen molar-refractivity contribution in [2.24, 2.45) is 0 Å². The predicted molar refractivity (Wildman–Crippen MR) is 126 cm³/mol. The number of aromatic nitrogens is 3. The lowest BCUT2D eigenvalue weighted by Gasteiger charge is -2.19. The van der Waals surface area contributed by atoms with E-state index in [0.29, 0.717) is 5.69 Å². The van der Waals surface area contributed by atoms with Crippen LogP contribution in [0.2, 0.25) is 0 Å². The molecule has 1 aromatic carbocycles. The number of likely N-dealkylation sites (N-methyl/N-ethyl adjacent to an activating group) is 1. The largest absolute Gasteiger partial charge is 0.478 e. The van der Waals surface area contributed by atoms with Crippen molar-refractivity contribution in [3.8, 4) is 0 Å². The first-order chi connectivity index (χ1) is 15.4. The number of hydrogen-bond donors (Lipinski definition) is 5. The van der Waals surface area contributed by atoms with E-state index >= 15 is 0 Å². The van der Waals surface area contributed by atoms with E-state index in [1.165, 1.54) is 31.2 Å². The highest BCUT2D eigenvalue weighted by molar-refractivity contribution is 7.89. The zero-order valence-corrected chi connectivity index (χ0v) is 20.0. The summed E-state index contributed by atoms with van der Waals surface area (Å²) in [5.74, 6) is -1.47. The monoisotopic (exact) mass is 521 g/mol. The summed E-state index contributed by atoms with van der Waals surface area (Å²) in [5.41, 5.74) is 0.582. The van der Waals surface area contributed by atoms with Crippen molar-refractivity contribution in [3.63, 3.8) is 0 Å². The molecule has 1 aromatic heterocycles. The van der Waals surface area contributed by atoms with Gasteiger partial charge in [-0.05, 0) is 31.2 Å². The van der Waals surface area contributed by atoms with E-state index in [1.54, 1.807) is 11.9 Å². The van der Waals surface area contributed by atoms with Crippen molar-refractivity contribution in [1.29, 1.82) is 0 Å². The third kappa shape index (κ3) is 9.79. The molecule has 190 valence electrons. The number of aromatic carboxylic acids is 1. The molecular formula is C17H27N7O8S2. The normalized spacial score (nSPS) is 11.4. The van der Waals surface area contributed by atoms with E-state index in [2.05, 4.69) is 30.3 Å². The van der Waals surface area contributed by atoms with Gasteiger partial charge in [-0.25, -0.2) is 17.9 Å². The molecule has 17 heteroatoms. The van der Waals surface area contributed by atoms with Gasteiger partial charge in [0, 0.05) is 32.4 Å². The van der Waals surface area contributed by atoms with Gasteiger partial charge in [-0.15, -0.1) is 0 Å². The molecule has 0 aliphatic rings. The number of carboxylic acids is 1. The molecule has 2 rings (SSSR count). The quantitative estimate of drug-likeness (QED) is 0.202. The molecule has 0 fully saturated rings. The molecule has 0 radical (unpaired) electrons. The topological polar surface area (TPSA) is 235 Å². The fourth-order valence-electron chi connectivity index (χ4n) is 2.36. The van der Waals surface area contributed by atoms with Gasteiger partial charge in [-0.2, -0.15) is 23.4 Å². The van der Waals surface area contributed by atoms with Crippen LogP contribution in [0.4, 0.5) is 23.5 Å². The van der Waals surface area contributed by atoms with Gasteiger partial charge in [0.25, 0.3) is 10.1 Å². The summed E-state index contributed by atoms with van der Waals surface area (Å²) >= 11 is 0. The lowest BCUT2D eigenvalue weighted by atomic mass is 10.2. The van der Waals surface area contributed by atoms with Crippen LogP contribution in [-0.2, 0) is 20.1 Å². The van der Waals surface area contributed by atoms with Crippen molar-refractivity contribution in [2.75, 3.05) is 53.7 Å². The smallest absolute Gasteiger partial charge is 0.335 e. The zero-order valence-electron chi connectivity index (χ0n) is 18.4. The van der Waals surface area contributed by atoms with E-state index in [0.717, 1.165) is 0 Å². The van der Waals surface area contributed by atoms with Crippen LogP contribution in [0.15, 0.2) is 24.3 Å². The van der Waals surface area contributed by atoms with Crippen LogP contribution in [0.25, 0.3) is 0 Å². The zero-order chi connectivity index (χ0) is 24.6. The summed E-state index contributed by atoms with van der Waals surface area (Å²) in [5, 5.41) is 14.6. The minimum Gasteiger partial charge on any atom is -0.478 e. The third-order valence-corrected chi connectivity index (χ3v) is 6.27. The highest BCUT2D eigenvalue weighted by Crippen LogP contribution is 2.18. The van der Waals surface area contributed by atoms with Gasteiger partial charge in [0.15, 0.2) is 0 Å². The molecule has 34 heavy (non-hydrogen) atoms. The molecule has 0 unspecified atom stereocenters.